The summed E-state index contributed by atoms with van der Waals surface area (Å²) in [4.78, 5) is 8.59. The Morgan fingerprint density at radius 3 is 2.52 bits per heavy atom. The SMILES string of the molecule is CN=C(NCCC(C)c1ccc(OC)cc1)NCc1nc(C)c(C)o1. The van der Waals surface area contributed by atoms with E-state index in [-0.39, 0.29) is 0 Å². The van der Waals surface area contributed by atoms with Gasteiger partial charge in [0, 0.05) is 13.6 Å². The summed E-state index contributed by atoms with van der Waals surface area (Å²) in [6.07, 6.45) is 1.00. The molecule has 1 unspecified atom stereocenters. The molecule has 0 fully saturated rings. The second kappa shape index (κ2) is 9.11. The molecule has 0 amide bonds. The van der Waals surface area contributed by atoms with Gasteiger partial charge in [0.25, 0.3) is 0 Å². The summed E-state index contributed by atoms with van der Waals surface area (Å²) in [7, 11) is 3.44. The van der Waals surface area contributed by atoms with Crippen LogP contribution in [0.15, 0.2) is 33.7 Å². The lowest BCUT2D eigenvalue weighted by atomic mass is 9.98. The van der Waals surface area contributed by atoms with Crippen LogP contribution in [0.1, 0.15) is 42.2 Å². The van der Waals surface area contributed by atoms with Crippen molar-refractivity contribution in [1.82, 2.24) is 15.6 Å². The van der Waals surface area contributed by atoms with Crippen LogP contribution in [0.25, 0.3) is 0 Å². The first-order chi connectivity index (χ1) is 12.0. The van der Waals surface area contributed by atoms with E-state index in [0.717, 1.165) is 36.1 Å². The molecule has 1 heterocycles. The lowest BCUT2D eigenvalue weighted by Gasteiger charge is -2.15. The van der Waals surface area contributed by atoms with E-state index in [1.807, 2.05) is 26.0 Å². The van der Waals surface area contributed by atoms with Crippen LogP contribution >= 0.6 is 0 Å². The second-order valence-electron chi connectivity index (χ2n) is 6.06. The Morgan fingerprint density at radius 2 is 1.96 bits per heavy atom. The molecular formula is C19H28N4O2. The van der Waals surface area contributed by atoms with Gasteiger partial charge in [-0.15, -0.1) is 0 Å². The summed E-state index contributed by atoms with van der Waals surface area (Å²) in [6, 6.07) is 8.23. The molecule has 0 aliphatic rings. The first-order valence-corrected chi connectivity index (χ1v) is 8.54. The Morgan fingerprint density at radius 1 is 1.24 bits per heavy atom. The van der Waals surface area contributed by atoms with E-state index in [0.29, 0.717) is 18.4 Å². The van der Waals surface area contributed by atoms with Gasteiger partial charge in [0.1, 0.15) is 11.5 Å². The van der Waals surface area contributed by atoms with Gasteiger partial charge in [0.2, 0.25) is 5.89 Å². The topological polar surface area (TPSA) is 71.7 Å². The van der Waals surface area contributed by atoms with E-state index in [9.17, 15) is 0 Å². The Kier molecular flexibility index (Phi) is 6.86. The zero-order valence-corrected chi connectivity index (χ0v) is 15.7. The minimum Gasteiger partial charge on any atom is -0.497 e. The van der Waals surface area contributed by atoms with Crippen molar-refractivity contribution in [3.63, 3.8) is 0 Å². The third-order valence-electron chi connectivity index (χ3n) is 4.26. The standard InChI is InChI=1S/C19H28N4O2/c1-13(16-6-8-17(24-5)9-7-16)10-11-21-19(20-4)22-12-18-23-14(2)15(3)25-18/h6-9,13H,10-12H2,1-5H3,(H2,20,21,22). The van der Waals surface area contributed by atoms with E-state index < -0.39 is 0 Å². The first kappa shape index (κ1) is 18.8. The summed E-state index contributed by atoms with van der Waals surface area (Å²) in [5.41, 5.74) is 2.23. The maximum atomic E-state index is 5.56. The number of aliphatic imine (C=N–C) groups is 1. The number of nitrogens with one attached hydrogen (secondary N) is 2. The summed E-state index contributed by atoms with van der Waals surface area (Å²) in [5, 5.41) is 6.55. The van der Waals surface area contributed by atoms with Crippen molar-refractivity contribution in [2.75, 3.05) is 20.7 Å². The number of hydrogen-bond donors (Lipinski definition) is 2. The largest absolute Gasteiger partial charge is 0.497 e. The van der Waals surface area contributed by atoms with Crippen molar-refractivity contribution in [2.24, 2.45) is 4.99 Å². The molecule has 0 aliphatic carbocycles. The van der Waals surface area contributed by atoms with Crippen LogP contribution in [-0.4, -0.2) is 31.6 Å². The van der Waals surface area contributed by atoms with Gasteiger partial charge in [-0.05, 0) is 43.9 Å². The molecule has 6 heteroatoms. The molecule has 0 saturated heterocycles. The Bertz CT molecular complexity index is 672. The second-order valence-corrected chi connectivity index (χ2v) is 6.06. The number of oxazole rings is 1. The van der Waals surface area contributed by atoms with Crippen LogP contribution in [0.3, 0.4) is 0 Å². The number of benzene rings is 1. The first-order valence-electron chi connectivity index (χ1n) is 8.54. The molecule has 1 aromatic carbocycles. The van der Waals surface area contributed by atoms with Crippen molar-refractivity contribution >= 4 is 5.96 Å². The van der Waals surface area contributed by atoms with Crippen molar-refractivity contribution in [3.8, 4) is 5.75 Å². The molecule has 0 saturated carbocycles. The average molecular weight is 344 g/mol. The normalized spacial score (nSPS) is 12.8. The number of rotatable bonds is 7. The van der Waals surface area contributed by atoms with Gasteiger partial charge < -0.3 is 19.8 Å². The van der Waals surface area contributed by atoms with Crippen LogP contribution in [-0.2, 0) is 6.54 Å². The van der Waals surface area contributed by atoms with Crippen molar-refractivity contribution < 1.29 is 9.15 Å². The number of methoxy groups -OCH3 is 1. The fourth-order valence-corrected chi connectivity index (χ4v) is 2.50. The molecule has 1 aromatic heterocycles. The van der Waals surface area contributed by atoms with Crippen LogP contribution in [0.4, 0.5) is 0 Å². The number of guanidine groups is 1. The van der Waals surface area contributed by atoms with Gasteiger partial charge in [-0.1, -0.05) is 19.1 Å². The van der Waals surface area contributed by atoms with Gasteiger partial charge in [-0.3, -0.25) is 4.99 Å². The van der Waals surface area contributed by atoms with Gasteiger partial charge in [0.05, 0.1) is 19.3 Å². The predicted molar refractivity (Wildman–Crippen MR) is 100 cm³/mol. The highest BCUT2D eigenvalue weighted by Crippen LogP contribution is 2.21. The maximum Gasteiger partial charge on any atom is 0.214 e. The lowest BCUT2D eigenvalue weighted by molar-refractivity contribution is 0.414. The zero-order chi connectivity index (χ0) is 18.2. The molecule has 136 valence electrons. The summed E-state index contributed by atoms with van der Waals surface area (Å²) < 4.78 is 10.8. The summed E-state index contributed by atoms with van der Waals surface area (Å²) in [5.74, 6) is 3.61. The van der Waals surface area contributed by atoms with Gasteiger partial charge >= 0.3 is 0 Å². The number of aryl methyl sites for hydroxylation is 2. The van der Waals surface area contributed by atoms with Gasteiger partial charge in [-0.25, -0.2) is 4.98 Å². The monoisotopic (exact) mass is 344 g/mol. The highest BCUT2D eigenvalue weighted by Gasteiger charge is 2.08. The molecule has 0 aliphatic heterocycles. The molecule has 2 rings (SSSR count). The van der Waals surface area contributed by atoms with Gasteiger partial charge in [-0.2, -0.15) is 0 Å². The van der Waals surface area contributed by atoms with Crippen LogP contribution < -0.4 is 15.4 Å². The van der Waals surface area contributed by atoms with E-state index in [1.54, 1.807) is 14.2 Å². The third kappa shape index (κ3) is 5.52. The number of hydrogen-bond acceptors (Lipinski definition) is 4. The van der Waals surface area contributed by atoms with Crippen LogP contribution in [0.2, 0.25) is 0 Å². The molecule has 2 N–H and O–H groups in total. The smallest absolute Gasteiger partial charge is 0.214 e. The molecule has 0 radical (unpaired) electrons. The van der Waals surface area contributed by atoms with E-state index in [2.05, 4.69) is 39.7 Å². The molecule has 0 spiro atoms. The lowest BCUT2D eigenvalue weighted by Crippen LogP contribution is -2.37. The van der Waals surface area contributed by atoms with Crippen LogP contribution in [0.5, 0.6) is 5.75 Å². The number of ether oxygens (including phenoxy) is 1. The van der Waals surface area contributed by atoms with E-state index in [4.69, 9.17) is 9.15 Å². The van der Waals surface area contributed by atoms with Crippen LogP contribution in [0, 0.1) is 13.8 Å². The fourth-order valence-electron chi connectivity index (χ4n) is 2.50. The Balaban J connectivity index is 1.76. The molecular weight excluding hydrogens is 316 g/mol. The minimum absolute atomic E-state index is 0.452. The molecule has 25 heavy (non-hydrogen) atoms. The molecule has 1 atom stereocenters. The molecule has 6 nitrogen and oxygen atoms in total. The van der Waals surface area contributed by atoms with Crippen molar-refractivity contribution in [3.05, 3.63) is 47.2 Å². The highest BCUT2D eigenvalue weighted by atomic mass is 16.5. The van der Waals surface area contributed by atoms with Crippen molar-refractivity contribution in [1.29, 1.82) is 0 Å². The molecule has 2 aromatic rings. The quantitative estimate of drug-likeness (QED) is 0.596. The summed E-state index contributed by atoms with van der Waals surface area (Å²) in [6.45, 7) is 7.42. The summed E-state index contributed by atoms with van der Waals surface area (Å²) >= 11 is 0. The number of nitrogens with zero attached hydrogens (tertiary/aromatic N) is 2. The number of aromatic nitrogens is 1. The van der Waals surface area contributed by atoms with Crippen molar-refractivity contribution in [2.45, 2.75) is 39.7 Å². The molecule has 0 bridgehead atoms. The highest BCUT2D eigenvalue weighted by molar-refractivity contribution is 5.79. The van der Waals surface area contributed by atoms with E-state index in [1.165, 1.54) is 5.56 Å². The maximum absolute atomic E-state index is 5.56. The van der Waals surface area contributed by atoms with E-state index >= 15 is 0 Å². The average Bonchev–Trinajstić information content (AvgIpc) is 2.95. The fraction of sp³-hybridized carbons (Fsp3) is 0.474. The predicted octanol–water partition coefficient (Wildman–Crippen LogP) is 3.16. The Labute approximate surface area is 149 Å². The van der Waals surface area contributed by atoms with Gasteiger partial charge in [0.15, 0.2) is 5.96 Å². The third-order valence-corrected chi connectivity index (χ3v) is 4.26. The zero-order valence-electron chi connectivity index (χ0n) is 15.7. The minimum atomic E-state index is 0.452. The Hall–Kier alpha value is -2.50.